The molecule has 3 nitrogen and oxygen atoms in total. The Kier molecular flexibility index (Phi) is 5.64. The second-order valence-electron chi connectivity index (χ2n) is 7.66. The van der Waals surface area contributed by atoms with Crippen LogP contribution in [0.15, 0.2) is 24.3 Å². The highest BCUT2D eigenvalue weighted by Gasteiger charge is 2.38. The normalized spacial score (nSPS) is 13.3. The monoisotopic (exact) mass is 309 g/mol. The van der Waals surface area contributed by atoms with E-state index in [1.165, 1.54) is 5.56 Å². The highest BCUT2D eigenvalue weighted by Crippen LogP contribution is 2.37. The van der Waals surface area contributed by atoms with Crippen molar-refractivity contribution in [2.75, 3.05) is 13.2 Å². The molecule has 0 aliphatic carbocycles. The van der Waals surface area contributed by atoms with Crippen LogP contribution in [0, 0.1) is 0 Å². The number of benzene rings is 1. The third kappa shape index (κ3) is 4.83. The first-order chi connectivity index (χ1) is 9.49. The van der Waals surface area contributed by atoms with Crippen molar-refractivity contribution in [3.8, 4) is 5.75 Å². The van der Waals surface area contributed by atoms with E-state index in [0.717, 1.165) is 5.75 Å². The molecular formula is C17H31NO2Si. The Bertz CT molecular complexity index is 447. The molecule has 0 spiro atoms. The maximum absolute atomic E-state index is 8.95. The van der Waals surface area contributed by atoms with Crippen LogP contribution in [0.4, 0.5) is 0 Å². The largest absolute Gasteiger partial charge is 0.544 e. The number of hydrogen-bond acceptors (Lipinski definition) is 3. The maximum Gasteiger partial charge on any atom is 0.250 e. The van der Waals surface area contributed by atoms with E-state index in [0.29, 0.717) is 6.54 Å². The SMILES string of the molecule is CC(C)(NCCO)c1ccc(O[Si](C)(C)C(C)(C)C)cc1. The molecule has 0 atom stereocenters. The van der Waals surface area contributed by atoms with Crippen molar-refractivity contribution >= 4 is 8.32 Å². The second kappa shape index (κ2) is 6.51. The van der Waals surface area contributed by atoms with Crippen molar-refractivity contribution in [1.29, 1.82) is 0 Å². The van der Waals surface area contributed by atoms with Crippen LogP contribution >= 0.6 is 0 Å². The minimum Gasteiger partial charge on any atom is -0.544 e. The highest BCUT2D eigenvalue weighted by molar-refractivity contribution is 6.74. The van der Waals surface area contributed by atoms with E-state index in [1.54, 1.807) is 0 Å². The van der Waals surface area contributed by atoms with Gasteiger partial charge in [-0.25, -0.2) is 0 Å². The molecule has 0 aliphatic rings. The van der Waals surface area contributed by atoms with Crippen LogP contribution in [0.5, 0.6) is 5.75 Å². The fraction of sp³-hybridized carbons (Fsp3) is 0.647. The fourth-order valence-corrected chi connectivity index (χ4v) is 2.89. The van der Waals surface area contributed by atoms with Gasteiger partial charge in [0.1, 0.15) is 5.75 Å². The van der Waals surface area contributed by atoms with Crippen LogP contribution in [-0.4, -0.2) is 26.6 Å². The average Bonchev–Trinajstić information content (AvgIpc) is 2.35. The molecule has 2 N–H and O–H groups in total. The fourth-order valence-electron chi connectivity index (χ4n) is 1.86. The lowest BCUT2D eigenvalue weighted by Crippen LogP contribution is -2.43. The van der Waals surface area contributed by atoms with Gasteiger partial charge in [0.2, 0.25) is 8.32 Å². The summed E-state index contributed by atoms with van der Waals surface area (Å²) in [6.07, 6.45) is 0. The lowest BCUT2D eigenvalue weighted by molar-refractivity contribution is 0.267. The summed E-state index contributed by atoms with van der Waals surface area (Å²) < 4.78 is 6.29. The molecule has 0 bridgehead atoms. The summed E-state index contributed by atoms with van der Waals surface area (Å²) >= 11 is 0. The molecule has 0 radical (unpaired) electrons. The van der Waals surface area contributed by atoms with Crippen molar-refractivity contribution < 1.29 is 9.53 Å². The van der Waals surface area contributed by atoms with Crippen molar-refractivity contribution in [3.05, 3.63) is 29.8 Å². The molecule has 0 heterocycles. The predicted octanol–water partition coefficient (Wildman–Crippen LogP) is 3.89. The van der Waals surface area contributed by atoms with Crippen LogP contribution < -0.4 is 9.74 Å². The maximum atomic E-state index is 8.95. The minimum atomic E-state index is -1.78. The zero-order valence-corrected chi connectivity index (χ0v) is 15.6. The molecule has 21 heavy (non-hydrogen) atoms. The summed E-state index contributed by atoms with van der Waals surface area (Å²) in [7, 11) is -1.78. The molecule has 0 aromatic heterocycles. The summed E-state index contributed by atoms with van der Waals surface area (Å²) in [6, 6.07) is 8.32. The number of aliphatic hydroxyl groups is 1. The first kappa shape index (κ1) is 18.2. The first-order valence-electron chi connectivity index (χ1n) is 7.65. The second-order valence-corrected chi connectivity index (χ2v) is 12.4. The standard InChI is InChI=1S/C17H31NO2Si/c1-16(2,3)21(6,7)20-15-10-8-14(9-11-15)17(4,5)18-12-13-19/h8-11,18-19H,12-13H2,1-7H3. The van der Waals surface area contributed by atoms with Crippen LogP contribution in [0.2, 0.25) is 18.1 Å². The van der Waals surface area contributed by atoms with Crippen molar-refractivity contribution in [2.24, 2.45) is 0 Å². The van der Waals surface area contributed by atoms with Gasteiger partial charge in [-0.3, -0.25) is 0 Å². The number of nitrogens with one attached hydrogen (secondary N) is 1. The molecular weight excluding hydrogens is 278 g/mol. The zero-order valence-electron chi connectivity index (χ0n) is 14.6. The summed E-state index contributed by atoms with van der Waals surface area (Å²) in [5, 5.41) is 12.5. The van der Waals surface area contributed by atoms with Gasteiger partial charge in [0.15, 0.2) is 0 Å². The minimum absolute atomic E-state index is 0.149. The molecule has 0 saturated carbocycles. The van der Waals surface area contributed by atoms with Crippen molar-refractivity contribution in [2.45, 2.75) is 58.3 Å². The first-order valence-corrected chi connectivity index (χ1v) is 10.6. The van der Waals surface area contributed by atoms with Gasteiger partial charge in [0.05, 0.1) is 6.61 Å². The third-order valence-electron chi connectivity index (χ3n) is 4.43. The van der Waals surface area contributed by atoms with Gasteiger partial charge in [-0.15, -0.1) is 0 Å². The molecule has 1 rings (SSSR count). The summed E-state index contributed by atoms with van der Waals surface area (Å²) in [6.45, 7) is 16.2. The van der Waals surface area contributed by atoms with Crippen LogP contribution in [-0.2, 0) is 5.54 Å². The number of aliphatic hydroxyl groups excluding tert-OH is 1. The molecule has 1 aromatic carbocycles. The van der Waals surface area contributed by atoms with Gasteiger partial charge in [-0.05, 0) is 49.7 Å². The molecule has 0 saturated heterocycles. The Hall–Kier alpha value is -0.843. The van der Waals surface area contributed by atoms with E-state index in [2.05, 4.69) is 77.3 Å². The van der Waals surface area contributed by atoms with Gasteiger partial charge in [0.25, 0.3) is 0 Å². The predicted molar refractivity (Wildman–Crippen MR) is 92.4 cm³/mol. The van der Waals surface area contributed by atoms with E-state index in [9.17, 15) is 0 Å². The van der Waals surface area contributed by atoms with Gasteiger partial charge in [0, 0.05) is 12.1 Å². The Labute approximate surface area is 130 Å². The van der Waals surface area contributed by atoms with Crippen LogP contribution in [0.25, 0.3) is 0 Å². The average molecular weight is 310 g/mol. The van der Waals surface area contributed by atoms with E-state index < -0.39 is 8.32 Å². The number of hydrogen-bond donors (Lipinski definition) is 2. The lowest BCUT2D eigenvalue weighted by atomic mass is 9.94. The van der Waals surface area contributed by atoms with E-state index in [4.69, 9.17) is 9.53 Å². The topological polar surface area (TPSA) is 41.5 Å². The van der Waals surface area contributed by atoms with Crippen LogP contribution in [0.3, 0.4) is 0 Å². The molecule has 0 aliphatic heterocycles. The zero-order chi connectivity index (χ0) is 16.3. The summed E-state index contributed by atoms with van der Waals surface area (Å²) in [5.74, 6) is 0.947. The molecule has 1 aromatic rings. The van der Waals surface area contributed by atoms with Gasteiger partial charge in [-0.1, -0.05) is 32.9 Å². The summed E-state index contributed by atoms with van der Waals surface area (Å²) in [5.41, 5.74) is 1.04. The Balaban J connectivity index is 2.84. The molecule has 120 valence electrons. The molecule has 0 fully saturated rings. The van der Waals surface area contributed by atoms with E-state index >= 15 is 0 Å². The van der Waals surface area contributed by atoms with Gasteiger partial charge in [-0.2, -0.15) is 0 Å². The van der Waals surface area contributed by atoms with Crippen molar-refractivity contribution in [1.82, 2.24) is 5.32 Å². The van der Waals surface area contributed by atoms with E-state index in [-0.39, 0.29) is 17.2 Å². The quantitative estimate of drug-likeness (QED) is 0.783. The molecule has 0 unspecified atom stereocenters. The van der Waals surface area contributed by atoms with Gasteiger partial charge >= 0.3 is 0 Å². The molecule has 0 amide bonds. The smallest absolute Gasteiger partial charge is 0.250 e. The Morgan fingerprint density at radius 3 is 2.00 bits per heavy atom. The van der Waals surface area contributed by atoms with Crippen LogP contribution in [0.1, 0.15) is 40.2 Å². The Morgan fingerprint density at radius 1 is 1.05 bits per heavy atom. The lowest BCUT2D eigenvalue weighted by Gasteiger charge is -2.36. The number of rotatable bonds is 6. The highest BCUT2D eigenvalue weighted by atomic mass is 28.4. The van der Waals surface area contributed by atoms with Crippen molar-refractivity contribution in [3.63, 3.8) is 0 Å². The van der Waals surface area contributed by atoms with Gasteiger partial charge < -0.3 is 14.8 Å². The molecule has 4 heteroatoms. The Morgan fingerprint density at radius 2 is 1.57 bits per heavy atom. The van der Waals surface area contributed by atoms with E-state index in [1.807, 2.05) is 0 Å². The third-order valence-corrected chi connectivity index (χ3v) is 8.79. The summed E-state index contributed by atoms with van der Waals surface area (Å²) in [4.78, 5) is 0.